The molecule has 23 heavy (non-hydrogen) atoms. The third-order valence-electron chi connectivity index (χ3n) is 2.83. The molecule has 2 aromatic carbocycles. The fourth-order valence-electron chi connectivity index (χ4n) is 1.78. The number of hydrogen-bond donors (Lipinski definition) is 3. The number of aliphatic hydroxyl groups is 1. The van der Waals surface area contributed by atoms with Gasteiger partial charge in [-0.25, -0.2) is 18.7 Å². The first-order valence-electron chi connectivity index (χ1n) is 6.57. The van der Waals surface area contributed by atoms with Crippen LogP contribution in [0.1, 0.15) is 10.4 Å². The van der Waals surface area contributed by atoms with Crippen molar-refractivity contribution in [3.63, 3.8) is 0 Å². The van der Waals surface area contributed by atoms with Crippen LogP contribution in [-0.4, -0.2) is 24.2 Å². The molecule has 0 fully saturated rings. The molecule has 0 bridgehead atoms. The summed E-state index contributed by atoms with van der Waals surface area (Å²) in [4.78, 5) is 16.6. The van der Waals surface area contributed by atoms with E-state index < -0.39 is 29.0 Å². The van der Waals surface area contributed by atoms with Gasteiger partial charge in [0.1, 0.15) is 5.82 Å². The predicted octanol–water partition coefficient (Wildman–Crippen LogP) is 2.50. The molecule has 0 radical (unpaired) electrons. The molecule has 0 atom stereocenters. The topological polar surface area (TPSA) is 70.6 Å². The minimum Gasteiger partial charge on any atom is -0.394 e. The highest BCUT2D eigenvalue weighted by molar-refractivity contribution is 5.99. The van der Waals surface area contributed by atoms with Crippen molar-refractivity contribution in [2.24, 2.45) is 0 Å². The summed E-state index contributed by atoms with van der Waals surface area (Å²) in [7, 11) is 0. The summed E-state index contributed by atoms with van der Waals surface area (Å²) in [5.74, 6) is -4.10. The lowest BCUT2D eigenvalue weighted by molar-refractivity contribution is 0.0168. The van der Waals surface area contributed by atoms with E-state index in [4.69, 9.17) is 5.11 Å². The van der Waals surface area contributed by atoms with E-state index in [0.717, 1.165) is 18.2 Å². The molecule has 0 saturated heterocycles. The van der Waals surface area contributed by atoms with Crippen LogP contribution in [0.2, 0.25) is 0 Å². The van der Waals surface area contributed by atoms with Gasteiger partial charge in [-0.15, -0.1) is 0 Å². The maximum Gasteiger partial charge on any atom is 0.277 e. The minimum absolute atomic E-state index is 0.123. The average molecular weight is 326 g/mol. The van der Waals surface area contributed by atoms with E-state index in [1.165, 1.54) is 18.2 Å². The molecule has 1 amide bonds. The zero-order valence-corrected chi connectivity index (χ0v) is 11.8. The van der Waals surface area contributed by atoms with Gasteiger partial charge in [0.05, 0.1) is 30.2 Å². The number of aliphatic hydroxyl groups excluding tert-OH is 1. The highest BCUT2D eigenvalue weighted by Crippen LogP contribution is 2.27. The van der Waals surface area contributed by atoms with Gasteiger partial charge in [0.15, 0.2) is 11.6 Å². The van der Waals surface area contributed by atoms with Crippen LogP contribution in [0.5, 0.6) is 0 Å². The van der Waals surface area contributed by atoms with Gasteiger partial charge in [0, 0.05) is 0 Å². The lowest BCUT2D eigenvalue weighted by Gasteiger charge is -2.14. The Balaban J connectivity index is 2.35. The standard InChI is InChI=1S/C15H13F3N2O3/c16-10-3-1-2-4-12(10)19-14-9(5-6-11(17)13(14)18)15(22)20-23-8-7-21/h1-6,19,21H,7-8H2,(H,20,22). The zero-order chi connectivity index (χ0) is 16.8. The van der Waals surface area contributed by atoms with Crippen molar-refractivity contribution in [2.75, 3.05) is 18.5 Å². The summed E-state index contributed by atoms with van der Waals surface area (Å²) in [6.07, 6.45) is 0. The largest absolute Gasteiger partial charge is 0.394 e. The van der Waals surface area contributed by atoms with E-state index in [1.54, 1.807) is 0 Å². The normalized spacial score (nSPS) is 10.4. The molecule has 2 rings (SSSR count). The number of hydrogen-bond acceptors (Lipinski definition) is 4. The molecule has 0 spiro atoms. The van der Waals surface area contributed by atoms with Crippen LogP contribution in [0, 0.1) is 17.5 Å². The van der Waals surface area contributed by atoms with Crippen LogP contribution in [0.15, 0.2) is 36.4 Å². The number of nitrogens with one attached hydrogen (secondary N) is 2. The molecule has 2 aromatic rings. The fraction of sp³-hybridized carbons (Fsp3) is 0.133. The van der Waals surface area contributed by atoms with E-state index in [2.05, 4.69) is 10.2 Å². The third-order valence-corrected chi connectivity index (χ3v) is 2.83. The van der Waals surface area contributed by atoms with Crippen molar-refractivity contribution in [3.05, 3.63) is 59.4 Å². The Morgan fingerprint density at radius 2 is 1.83 bits per heavy atom. The molecule has 0 unspecified atom stereocenters. The molecule has 0 saturated carbocycles. The van der Waals surface area contributed by atoms with Crippen molar-refractivity contribution in [1.82, 2.24) is 5.48 Å². The van der Waals surface area contributed by atoms with Gasteiger partial charge in [0.2, 0.25) is 0 Å². The van der Waals surface area contributed by atoms with Crippen LogP contribution in [0.25, 0.3) is 0 Å². The van der Waals surface area contributed by atoms with E-state index in [1.807, 2.05) is 5.48 Å². The van der Waals surface area contributed by atoms with Crippen molar-refractivity contribution in [1.29, 1.82) is 0 Å². The van der Waals surface area contributed by atoms with Crippen LogP contribution in [0.3, 0.4) is 0 Å². The number of benzene rings is 2. The molecule has 0 aliphatic carbocycles. The smallest absolute Gasteiger partial charge is 0.277 e. The van der Waals surface area contributed by atoms with Gasteiger partial charge >= 0.3 is 0 Å². The summed E-state index contributed by atoms with van der Waals surface area (Å²) in [5, 5.41) is 10.9. The molecular formula is C15H13F3N2O3. The predicted molar refractivity (Wildman–Crippen MR) is 76.5 cm³/mol. The zero-order valence-electron chi connectivity index (χ0n) is 11.8. The molecule has 8 heteroatoms. The lowest BCUT2D eigenvalue weighted by atomic mass is 10.1. The summed E-state index contributed by atoms with van der Waals surface area (Å²) >= 11 is 0. The van der Waals surface area contributed by atoms with Crippen molar-refractivity contribution in [3.8, 4) is 0 Å². The minimum atomic E-state index is -1.33. The molecule has 0 heterocycles. The molecule has 0 aromatic heterocycles. The number of anilines is 2. The number of carbonyl (C=O) groups is 1. The third kappa shape index (κ3) is 3.99. The Labute approximate surface area is 129 Å². The van der Waals surface area contributed by atoms with E-state index in [0.29, 0.717) is 0 Å². The van der Waals surface area contributed by atoms with Gasteiger partial charge in [-0.1, -0.05) is 12.1 Å². The fourth-order valence-corrected chi connectivity index (χ4v) is 1.78. The quantitative estimate of drug-likeness (QED) is 0.563. The second-order valence-electron chi connectivity index (χ2n) is 4.39. The Bertz CT molecular complexity index is 710. The summed E-state index contributed by atoms with van der Waals surface area (Å²) in [6.45, 7) is -0.510. The maximum absolute atomic E-state index is 14.0. The summed E-state index contributed by atoms with van der Waals surface area (Å²) in [6, 6.07) is 7.15. The first-order valence-corrected chi connectivity index (χ1v) is 6.57. The van der Waals surface area contributed by atoms with Gasteiger partial charge in [-0.05, 0) is 24.3 Å². The van der Waals surface area contributed by atoms with Gasteiger partial charge in [-0.2, -0.15) is 0 Å². The van der Waals surface area contributed by atoms with Gasteiger partial charge in [-0.3, -0.25) is 9.63 Å². The highest BCUT2D eigenvalue weighted by atomic mass is 19.2. The van der Waals surface area contributed by atoms with E-state index >= 15 is 0 Å². The number of halogens is 3. The molecule has 0 aliphatic heterocycles. The van der Waals surface area contributed by atoms with E-state index in [-0.39, 0.29) is 24.5 Å². The first-order chi connectivity index (χ1) is 11.0. The average Bonchev–Trinajstić information content (AvgIpc) is 2.54. The van der Waals surface area contributed by atoms with Crippen molar-refractivity contribution < 1.29 is 27.9 Å². The molecular weight excluding hydrogens is 313 g/mol. The van der Waals surface area contributed by atoms with Gasteiger partial charge < -0.3 is 10.4 Å². The number of rotatable bonds is 6. The van der Waals surface area contributed by atoms with Crippen LogP contribution in [-0.2, 0) is 4.84 Å². The number of carbonyl (C=O) groups excluding carboxylic acids is 1. The van der Waals surface area contributed by atoms with Crippen molar-refractivity contribution >= 4 is 17.3 Å². The molecule has 122 valence electrons. The molecule has 5 nitrogen and oxygen atoms in total. The van der Waals surface area contributed by atoms with Crippen LogP contribution >= 0.6 is 0 Å². The SMILES string of the molecule is O=C(NOCCO)c1ccc(F)c(F)c1Nc1ccccc1F. The number of para-hydroxylation sites is 1. The summed E-state index contributed by atoms with van der Waals surface area (Å²) in [5.41, 5.74) is 1.03. The highest BCUT2D eigenvalue weighted by Gasteiger charge is 2.20. The molecule has 3 N–H and O–H groups in total. The van der Waals surface area contributed by atoms with Crippen LogP contribution in [0.4, 0.5) is 24.5 Å². The van der Waals surface area contributed by atoms with Gasteiger partial charge in [0.25, 0.3) is 5.91 Å². The van der Waals surface area contributed by atoms with E-state index in [9.17, 15) is 18.0 Å². The molecule has 0 aliphatic rings. The number of hydroxylamine groups is 1. The maximum atomic E-state index is 14.0. The summed E-state index contributed by atoms with van der Waals surface area (Å²) < 4.78 is 41.1. The Morgan fingerprint density at radius 1 is 1.09 bits per heavy atom. The monoisotopic (exact) mass is 326 g/mol. The number of amides is 1. The first kappa shape index (κ1) is 16.8. The second kappa shape index (κ2) is 7.61. The van der Waals surface area contributed by atoms with Crippen LogP contribution < -0.4 is 10.8 Å². The second-order valence-corrected chi connectivity index (χ2v) is 4.39. The Hall–Kier alpha value is -2.58. The Morgan fingerprint density at radius 3 is 2.52 bits per heavy atom. The lowest BCUT2D eigenvalue weighted by Crippen LogP contribution is -2.26. The van der Waals surface area contributed by atoms with Crippen molar-refractivity contribution in [2.45, 2.75) is 0 Å². The Kier molecular flexibility index (Phi) is 5.56.